The van der Waals surface area contributed by atoms with Crippen molar-refractivity contribution < 1.29 is 19.1 Å². The highest BCUT2D eigenvalue weighted by Crippen LogP contribution is 2.61. The molecular formula is C19H26O4. The van der Waals surface area contributed by atoms with Crippen molar-refractivity contribution in [1.29, 1.82) is 0 Å². The molecule has 7 atom stereocenters. The second kappa shape index (κ2) is 5.35. The second-order valence-electron chi connectivity index (χ2n) is 8.14. The fourth-order valence-electron chi connectivity index (χ4n) is 6.16. The number of fused-ring (bicyclic) bond motifs is 5. The van der Waals surface area contributed by atoms with Gasteiger partial charge in [0.05, 0.1) is 0 Å². The van der Waals surface area contributed by atoms with Gasteiger partial charge in [-0.25, -0.2) is 4.79 Å². The molecule has 0 N–H and O–H groups in total. The smallest absolute Gasteiger partial charge is 0.330 e. The molecular weight excluding hydrogens is 292 g/mol. The first-order valence-electron chi connectivity index (χ1n) is 9.05. The Hall–Kier alpha value is -1.32. The Morgan fingerprint density at radius 1 is 1.22 bits per heavy atom. The van der Waals surface area contributed by atoms with Crippen molar-refractivity contribution in [2.45, 2.75) is 64.6 Å². The summed E-state index contributed by atoms with van der Waals surface area (Å²) in [6, 6.07) is 0. The highest BCUT2D eigenvalue weighted by atomic mass is 16.5. The Balaban J connectivity index is 1.57. The summed E-state index contributed by atoms with van der Waals surface area (Å²) in [4.78, 5) is 22.9. The van der Waals surface area contributed by atoms with Crippen LogP contribution in [-0.2, 0) is 19.1 Å². The maximum Gasteiger partial charge on any atom is 0.330 e. The van der Waals surface area contributed by atoms with Crippen molar-refractivity contribution >= 4 is 11.9 Å². The summed E-state index contributed by atoms with van der Waals surface area (Å²) in [5, 5.41) is 0. The van der Waals surface area contributed by atoms with E-state index in [1.54, 1.807) is 6.08 Å². The molecule has 126 valence electrons. The monoisotopic (exact) mass is 318 g/mol. The van der Waals surface area contributed by atoms with Crippen molar-refractivity contribution in [3.8, 4) is 0 Å². The van der Waals surface area contributed by atoms with E-state index in [1.807, 2.05) is 0 Å². The van der Waals surface area contributed by atoms with Crippen LogP contribution in [-0.4, -0.2) is 24.1 Å². The van der Waals surface area contributed by atoms with Gasteiger partial charge in [-0.15, -0.1) is 0 Å². The Bertz CT molecular complexity index is 554. The summed E-state index contributed by atoms with van der Waals surface area (Å²) < 4.78 is 11.2. The molecule has 0 unspecified atom stereocenters. The van der Waals surface area contributed by atoms with Gasteiger partial charge in [-0.3, -0.25) is 4.79 Å². The van der Waals surface area contributed by atoms with E-state index in [2.05, 4.69) is 13.0 Å². The molecule has 0 bridgehead atoms. The van der Waals surface area contributed by atoms with E-state index in [4.69, 9.17) is 9.47 Å². The molecule has 0 spiro atoms. The average molecular weight is 318 g/mol. The summed E-state index contributed by atoms with van der Waals surface area (Å²) in [5.74, 6) is 2.00. The Morgan fingerprint density at radius 3 is 2.83 bits per heavy atom. The van der Waals surface area contributed by atoms with Crippen LogP contribution in [0, 0.1) is 29.1 Å². The van der Waals surface area contributed by atoms with Crippen LogP contribution >= 0.6 is 0 Å². The second-order valence-corrected chi connectivity index (χ2v) is 8.14. The number of rotatable bonds is 1. The van der Waals surface area contributed by atoms with E-state index >= 15 is 0 Å². The van der Waals surface area contributed by atoms with Crippen molar-refractivity contribution in [2.75, 3.05) is 0 Å². The van der Waals surface area contributed by atoms with Gasteiger partial charge in [0.25, 0.3) is 0 Å². The molecule has 4 nitrogen and oxygen atoms in total. The first-order chi connectivity index (χ1) is 11.0. The third-order valence-corrected chi connectivity index (χ3v) is 7.14. The molecule has 0 amide bonds. The topological polar surface area (TPSA) is 52.6 Å². The zero-order valence-electron chi connectivity index (χ0n) is 14.0. The summed E-state index contributed by atoms with van der Waals surface area (Å²) in [6.07, 6.45) is 10.4. The first kappa shape index (κ1) is 15.2. The molecule has 3 saturated carbocycles. The van der Waals surface area contributed by atoms with Crippen molar-refractivity contribution in [3.05, 3.63) is 12.2 Å². The maximum atomic E-state index is 11.5. The lowest BCUT2D eigenvalue weighted by molar-refractivity contribution is -0.161. The van der Waals surface area contributed by atoms with Gasteiger partial charge in [-0.2, -0.15) is 0 Å². The number of hydrogen-bond donors (Lipinski definition) is 0. The largest absolute Gasteiger partial charge is 0.462 e. The van der Waals surface area contributed by atoms with Gasteiger partial charge < -0.3 is 9.47 Å². The Morgan fingerprint density at radius 2 is 2.04 bits per heavy atom. The molecule has 1 aliphatic heterocycles. The predicted octanol–water partition coefficient (Wildman–Crippen LogP) is 3.25. The molecule has 4 aliphatic rings. The van der Waals surface area contributed by atoms with Crippen molar-refractivity contribution in [2.24, 2.45) is 29.1 Å². The minimum Gasteiger partial charge on any atom is -0.462 e. The normalized spacial score (nSPS) is 48.0. The molecule has 23 heavy (non-hydrogen) atoms. The molecule has 4 rings (SSSR count). The average Bonchev–Trinajstić information content (AvgIpc) is 2.83. The fraction of sp³-hybridized carbons (Fsp3) is 0.789. The van der Waals surface area contributed by atoms with Crippen LogP contribution < -0.4 is 0 Å². The third kappa shape index (κ3) is 2.33. The van der Waals surface area contributed by atoms with Crippen molar-refractivity contribution in [1.82, 2.24) is 0 Å². The van der Waals surface area contributed by atoms with Gasteiger partial charge >= 0.3 is 11.9 Å². The maximum absolute atomic E-state index is 11.5. The van der Waals surface area contributed by atoms with Crippen LogP contribution in [0.2, 0.25) is 0 Å². The minimum atomic E-state index is -0.180. The van der Waals surface area contributed by atoms with Crippen LogP contribution in [0.25, 0.3) is 0 Å². The van der Waals surface area contributed by atoms with Gasteiger partial charge in [-0.1, -0.05) is 13.0 Å². The zero-order valence-corrected chi connectivity index (χ0v) is 14.0. The SMILES string of the molecule is CC(=O)O[C@H]1CC[C@@H]2[C@H]3CC[C@H]4OC(=O)C=C[C@@H]4[C@@H]3CC[C@]12C. The highest BCUT2D eigenvalue weighted by Gasteiger charge is 2.58. The van der Waals surface area contributed by atoms with Gasteiger partial charge in [0.1, 0.15) is 12.2 Å². The highest BCUT2D eigenvalue weighted by molar-refractivity contribution is 5.83. The molecule has 4 heteroatoms. The number of esters is 2. The van der Waals surface area contributed by atoms with E-state index in [0.29, 0.717) is 23.7 Å². The standard InChI is InChI=1S/C19H26O4/c1-11(20)22-17-7-5-15-13-3-6-16-14(4-8-18(21)23-16)12(13)9-10-19(15,17)2/h4,8,12-17H,3,5-7,9-10H2,1-2H3/t12-,13+,14-,15-,16-,17+,19+/m1/s1. The molecule has 0 radical (unpaired) electrons. The van der Waals surface area contributed by atoms with Crippen LogP contribution in [0.15, 0.2) is 12.2 Å². The lowest BCUT2D eigenvalue weighted by atomic mass is 9.53. The molecule has 0 aromatic rings. The number of ether oxygens (including phenoxy) is 2. The van der Waals surface area contributed by atoms with Gasteiger partial charge in [-0.05, 0) is 56.3 Å². The first-order valence-corrected chi connectivity index (χ1v) is 9.05. The van der Waals surface area contributed by atoms with Crippen LogP contribution in [0.4, 0.5) is 0 Å². The summed E-state index contributed by atoms with van der Waals surface area (Å²) >= 11 is 0. The number of carbonyl (C=O) groups excluding carboxylic acids is 2. The molecule has 3 fully saturated rings. The predicted molar refractivity (Wildman–Crippen MR) is 84.3 cm³/mol. The van der Waals surface area contributed by atoms with E-state index in [-0.39, 0.29) is 29.6 Å². The Kier molecular flexibility index (Phi) is 3.54. The summed E-state index contributed by atoms with van der Waals surface area (Å²) in [6.45, 7) is 3.85. The molecule has 0 saturated heterocycles. The third-order valence-electron chi connectivity index (χ3n) is 7.14. The Labute approximate surface area is 137 Å². The fourth-order valence-corrected chi connectivity index (χ4v) is 6.16. The molecule has 0 aromatic heterocycles. The van der Waals surface area contributed by atoms with Gasteiger partial charge in [0.2, 0.25) is 0 Å². The lowest BCUT2D eigenvalue weighted by Crippen LogP contribution is -2.51. The lowest BCUT2D eigenvalue weighted by Gasteiger charge is -2.53. The van der Waals surface area contributed by atoms with Crippen molar-refractivity contribution in [3.63, 3.8) is 0 Å². The molecule has 3 aliphatic carbocycles. The van der Waals surface area contributed by atoms with E-state index in [9.17, 15) is 9.59 Å². The van der Waals surface area contributed by atoms with Gasteiger partial charge in [0.15, 0.2) is 0 Å². The van der Waals surface area contributed by atoms with Crippen LogP contribution in [0.5, 0.6) is 0 Å². The van der Waals surface area contributed by atoms with E-state index in [0.717, 1.165) is 38.5 Å². The van der Waals surface area contributed by atoms with E-state index < -0.39 is 0 Å². The molecule has 0 aromatic carbocycles. The molecule has 1 heterocycles. The zero-order chi connectivity index (χ0) is 16.2. The number of hydrogen-bond acceptors (Lipinski definition) is 4. The van der Waals surface area contributed by atoms with E-state index in [1.165, 1.54) is 6.92 Å². The summed E-state index contributed by atoms with van der Waals surface area (Å²) in [5.41, 5.74) is 0.134. The number of carbonyl (C=O) groups is 2. The quantitative estimate of drug-likeness (QED) is 0.696. The van der Waals surface area contributed by atoms with Crippen LogP contribution in [0.1, 0.15) is 52.4 Å². The van der Waals surface area contributed by atoms with Crippen LogP contribution in [0.3, 0.4) is 0 Å². The minimum absolute atomic E-state index is 0.0865. The summed E-state index contributed by atoms with van der Waals surface area (Å²) in [7, 11) is 0. The van der Waals surface area contributed by atoms with Gasteiger partial charge in [0, 0.05) is 24.3 Å².